The van der Waals surface area contributed by atoms with Crippen molar-refractivity contribution in [3.8, 4) is 74.7 Å². The first-order valence-electron chi connectivity index (χ1n) is 37.0. The van der Waals surface area contributed by atoms with Gasteiger partial charge in [0.2, 0.25) is 0 Å². The number of carboxylic acids is 1. The number of thioether (sulfide) groups is 2. The minimum absolute atomic E-state index is 0. The zero-order valence-electron chi connectivity index (χ0n) is 70.9. The molecule has 0 aliphatic rings. The van der Waals surface area contributed by atoms with Crippen LogP contribution in [0.15, 0.2) is 251 Å². The molecule has 23 nitrogen and oxygen atoms in total. The number of phenols is 1. The van der Waals surface area contributed by atoms with Crippen LogP contribution < -0.4 is 56.8 Å². The average molecular weight is 1970 g/mol. The van der Waals surface area contributed by atoms with Crippen molar-refractivity contribution in [3.05, 3.63) is 261 Å². The van der Waals surface area contributed by atoms with Gasteiger partial charge < -0.3 is 104 Å². The van der Waals surface area contributed by atoms with Crippen LogP contribution in [-0.4, -0.2) is 183 Å². The van der Waals surface area contributed by atoms with Gasteiger partial charge in [0.25, 0.3) is 0 Å². The van der Waals surface area contributed by atoms with Crippen LogP contribution in [0.3, 0.4) is 0 Å². The number of phenolic OH excluding ortho intramolecular Hbond substituents is 1. The number of aliphatic carboxylic acids is 1. The highest BCUT2D eigenvalue weighted by atomic mass is 35.5. The lowest BCUT2D eigenvalue weighted by molar-refractivity contribution is -0.275. The van der Waals surface area contributed by atoms with Crippen molar-refractivity contribution in [1.29, 1.82) is 0 Å². The number of benzene rings is 8. The lowest BCUT2D eigenvalue weighted by Crippen LogP contribution is -2.17. The number of thiol groups is 1. The van der Waals surface area contributed by atoms with Crippen molar-refractivity contribution in [3.63, 3.8) is 0 Å². The summed E-state index contributed by atoms with van der Waals surface area (Å²) in [6, 6.07) is 41.1. The molecular weight excluding hydrogens is 1880 g/mol. The number of ether oxygens (including phenoxy) is 14. The third kappa shape index (κ3) is 61.8. The molecular formula is C88H96Cl2F15O23S3-. The Hall–Kier alpha value is -11.3. The maximum absolute atomic E-state index is 12.2. The Morgan fingerprint density at radius 2 is 0.588 bits per heavy atom. The van der Waals surface area contributed by atoms with Gasteiger partial charge in [0, 0.05) is 26.2 Å². The van der Waals surface area contributed by atoms with Crippen molar-refractivity contribution < 1.29 is 177 Å². The number of hydrogen-bond donors (Lipinski definition) is 7. The van der Waals surface area contributed by atoms with Gasteiger partial charge in [-0.15, -0.1) is 125 Å². The molecule has 0 saturated heterocycles. The Morgan fingerprint density at radius 1 is 0.351 bits per heavy atom. The van der Waals surface area contributed by atoms with E-state index in [1.54, 1.807) is 43.8 Å². The highest BCUT2D eigenvalue weighted by Crippen LogP contribution is 2.34. The molecule has 0 aromatic heterocycles. The highest BCUT2D eigenvalue weighted by Gasteiger charge is 2.34. The van der Waals surface area contributed by atoms with Crippen molar-refractivity contribution in [2.75, 3.05) is 103 Å². The number of rotatable bonds is 38. The Balaban J connectivity index is 0.00000156. The van der Waals surface area contributed by atoms with Gasteiger partial charge in [-0.3, -0.25) is 0 Å². The molecule has 6 N–H and O–H groups in total. The summed E-state index contributed by atoms with van der Waals surface area (Å²) in [5.41, 5.74) is 5.65. The summed E-state index contributed by atoms with van der Waals surface area (Å²) in [6.07, 6.45) is -23.5. The number of carbonyl (C=O) groups excluding carboxylic acids is 2. The van der Waals surface area contributed by atoms with Gasteiger partial charge in [-0.05, 0) is 255 Å². The first-order chi connectivity index (χ1) is 60.9. The van der Waals surface area contributed by atoms with E-state index in [1.807, 2.05) is 57.2 Å². The van der Waals surface area contributed by atoms with Gasteiger partial charge >= 0.3 is 49.7 Å². The quantitative estimate of drug-likeness (QED) is 0.00360. The monoisotopic (exact) mass is 1970 g/mol. The molecule has 0 aliphatic heterocycles. The molecule has 0 aliphatic carbocycles. The second kappa shape index (κ2) is 63.7. The van der Waals surface area contributed by atoms with Crippen LogP contribution in [0.1, 0.15) is 30.5 Å². The third-order valence-electron chi connectivity index (χ3n) is 14.0. The fraction of sp³-hybridized carbons (Fsp3) is 0.295. The molecule has 131 heavy (non-hydrogen) atoms. The van der Waals surface area contributed by atoms with E-state index in [9.17, 15) is 80.2 Å². The molecule has 0 amide bonds. The van der Waals surface area contributed by atoms with E-state index in [1.165, 1.54) is 84.6 Å². The van der Waals surface area contributed by atoms with Crippen molar-refractivity contribution in [2.45, 2.75) is 81.1 Å². The molecule has 0 radical (unpaired) electrons. The SMILES string of the molecule is C=C(CO)CO.C=C(CO)COc1ccc(OC(F)(F)F)cc1.C=C(CO)COc1ccc(OC(F)(F)F)cc1.C=C(COc1ccc(OC(F)(F)F)cc1)CSc1ccc(OCC(=O)O)c(C)c1.C=C(COc1ccc(OC(F)(F)F)cc1)CSc1ccc(OCC(=O)OCC)c(C)c1.CCOC(=O)COc1ccc(S)cc1C.ClCCl.Oc1ccc(OC(F)(F)F)cc1.[CH3-]. The molecule has 0 heterocycles. The molecule has 0 fully saturated rings. The molecule has 8 aromatic rings. The number of alkyl halides is 17. The molecule has 0 spiro atoms. The van der Waals surface area contributed by atoms with Gasteiger partial charge in [0.05, 0.1) is 45.0 Å². The van der Waals surface area contributed by atoms with Crippen LogP contribution >= 0.6 is 59.4 Å². The number of aromatic hydroxyl groups is 1. The molecule has 0 unspecified atom stereocenters. The smallest absolute Gasteiger partial charge is 0.508 e. The maximum Gasteiger partial charge on any atom is 0.573 e. The largest absolute Gasteiger partial charge is 0.573 e. The maximum atomic E-state index is 12.2. The fourth-order valence-corrected chi connectivity index (χ4v) is 10.3. The summed E-state index contributed by atoms with van der Waals surface area (Å²) in [7, 11) is 0. The van der Waals surface area contributed by atoms with Crippen LogP contribution in [0, 0.1) is 28.2 Å². The number of carboxylic acid groups (broad SMARTS) is 1. The summed E-state index contributed by atoms with van der Waals surface area (Å²) >= 11 is 16.8. The minimum Gasteiger partial charge on any atom is -0.508 e. The fourth-order valence-electron chi connectivity index (χ4n) is 8.30. The summed E-state index contributed by atoms with van der Waals surface area (Å²) < 4.78 is 244. The van der Waals surface area contributed by atoms with Gasteiger partial charge in [-0.25, -0.2) is 14.4 Å². The summed E-state index contributed by atoms with van der Waals surface area (Å²) in [5, 5.41) is 51.0. The predicted octanol–water partition coefficient (Wildman–Crippen LogP) is 21.6. The zero-order valence-corrected chi connectivity index (χ0v) is 74.9. The first kappa shape index (κ1) is 120. The number of carbonyl (C=O) groups is 3. The van der Waals surface area contributed by atoms with Crippen LogP contribution in [-0.2, 0) is 23.9 Å². The molecule has 8 aromatic carbocycles. The second-order valence-corrected chi connectivity index (χ2v) is 28.4. The topological polar surface area (TPSA) is 302 Å². The standard InChI is InChI=1S/C22H23F3O5S.C20H19F3O5S.2C11H11F3O3.C11H14O3S.C7H5F3O2.C4H8O2.CH2Cl2.CH3/c1-4-27-21(26)13-29-20-10-9-19(11-16(20)3)31-14-15(2)12-28-17-5-7-18(8-6-17)30-22(23,24)25;1-13(10-26-15-3-5-16(6-4-15)28-20(21,22)23)12-29-17-7-8-18(14(2)9-17)27-11-19(24)25;2*1-8(6-15)7-16-9-2-4-10(5-3-9)17-11(12,13)14;1-3-13-11(12)7-14-10-5-4-9(15)6-8(10)2;8-7(9,10)12-6-3-1-5(11)2-4-6;1-4(2-5)3-6;2-1-3;/h5-11H,2,4,12-14H2,1,3H3;3-9H,1,10-12H2,2H3,(H,24,25);2*2-5,15H,1,6-7H2;4-6,15H,3,7H2,1-2H3;1-4,11H;5-6H,1-3H2;1H2;1H3/q;;;;;;;;-1. The van der Waals surface area contributed by atoms with Crippen LogP contribution in [0.2, 0.25) is 0 Å². The lowest BCUT2D eigenvalue weighted by atomic mass is 10.2. The highest BCUT2D eigenvalue weighted by molar-refractivity contribution is 7.99. The molecule has 0 atom stereocenters. The van der Waals surface area contributed by atoms with E-state index in [-0.39, 0.29) is 119 Å². The molecule has 0 bridgehead atoms. The first-order valence-corrected chi connectivity index (χ1v) is 40.5. The third-order valence-corrected chi connectivity index (χ3v) is 16.5. The summed E-state index contributed by atoms with van der Waals surface area (Å²) in [6.45, 7) is 27.4. The molecule has 43 heteroatoms. The Morgan fingerprint density at radius 3 is 0.817 bits per heavy atom. The Labute approximate surface area is 769 Å². The number of aryl methyl sites for hydroxylation is 3. The van der Waals surface area contributed by atoms with Gasteiger partial charge in [0.15, 0.2) is 19.8 Å². The van der Waals surface area contributed by atoms with E-state index in [4.69, 9.17) is 96.5 Å². The number of halogens is 17. The van der Waals surface area contributed by atoms with Crippen LogP contribution in [0.25, 0.3) is 0 Å². The summed E-state index contributed by atoms with van der Waals surface area (Å²) in [4.78, 5) is 35.8. The molecule has 0 saturated carbocycles. The summed E-state index contributed by atoms with van der Waals surface area (Å²) in [5.74, 6) is 1.01. The second-order valence-electron chi connectivity index (χ2n) is 25.0. The number of esters is 2. The Bertz CT molecular complexity index is 4600. The van der Waals surface area contributed by atoms with E-state index >= 15 is 0 Å². The van der Waals surface area contributed by atoms with E-state index in [0.29, 0.717) is 81.7 Å². The normalized spacial score (nSPS) is 10.6. The van der Waals surface area contributed by atoms with Crippen LogP contribution in [0.4, 0.5) is 65.9 Å². The molecule has 8 rings (SSSR count). The van der Waals surface area contributed by atoms with E-state index in [2.05, 4.69) is 69.2 Å². The Kier molecular flexibility index (Phi) is 58.2. The van der Waals surface area contributed by atoms with Crippen molar-refractivity contribution >= 4 is 77.3 Å². The van der Waals surface area contributed by atoms with E-state index < -0.39 is 50.4 Å². The predicted molar refractivity (Wildman–Crippen MR) is 466 cm³/mol. The van der Waals surface area contributed by atoms with Crippen LogP contribution in [0.5, 0.6) is 74.7 Å². The van der Waals surface area contributed by atoms with Gasteiger partial charge in [0.1, 0.15) is 101 Å². The van der Waals surface area contributed by atoms with Gasteiger partial charge in [-0.1, -0.05) is 32.9 Å². The molecule has 724 valence electrons. The minimum atomic E-state index is -4.73. The zero-order chi connectivity index (χ0) is 98.2. The van der Waals surface area contributed by atoms with Crippen molar-refractivity contribution in [2.24, 2.45) is 0 Å². The van der Waals surface area contributed by atoms with Crippen molar-refractivity contribution in [1.82, 2.24) is 0 Å². The average Bonchev–Trinajstić information content (AvgIpc) is 0.825. The van der Waals surface area contributed by atoms with E-state index in [0.717, 1.165) is 91.1 Å². The number of hydrogen-bond acceptors (Lipinski definition) is 25. The lowest BCUT2D eigenvalue weighted by Gasteiger charge is -2.12. The number of aliphatic hydroxyl groups excluding tert-OH is 4. The van der Waals surface area contributed by atoms with Gasteiger partial charge in [-0.2, -0.15) is 0 Å². The number of aliphatic hydroxyl groups is 4.